The van der Waals surface area contributed by atoms with Crippen LogP contribution in [0.1, 0.15) is 5.82 Å². The van der Waals surface area contributed by atoms with E-state index in [9.17, 15) is 4.79 Å². The number of anilines is 2. The summed E-state index contributed by atoms with van der Waals surface area (Å²) in [6, 6.07) is 15.7. The number of rotatable bonds is 6. The Balaban J connectivity index is 1.25. The Morgan fingerprint density at radius 2 is 1.97 bits per heavy atom. The lowest BCUT2D eigenvalue weighted by Crippen LogP contribution is -2.36. The lowest BCUT2D eigenvalue weighted by Gasteiger charge is -2.25. The highest BCUT2D eigenvalue weighted by atomic mass is 32.2. The Bertz CT molecular complexity index is 1230. The van der Waals surface area contributed by atoms with Crippen molar-refractivity contribution < 1.29 is 9.53 Å². The molecule has 1 saturated heterocycles. The fourth-order valence-electron chi connectivity index (χ4n) is 3.52. The Hall–Kier alpha value is -2.95. The van der Waals surface area contributed by atoms with E-state index in [0.29, 0.717) is 5.16 Å². The van der Waals surface area contributed by atoms with Crippen LogP contribution in [0.4, 0.5) is 10.8 Å². The third-order valence-electron chi connectivity index (χ3n) is 5.08. The van der Waals surface area contributed by atoms with Crippen LogP contribution in [0, 0.1) is 6.92 Å². The SMILES string of the molecule is Cc1nnc(SCC(=O)Nc2ccc3nc(N4CCOCC4)sc3c2)n1-c1ccccc1. The Morgan fingerprint density at radius 1 is 1.16 bits per heavy atom. The lowest BCUT2D eigenvalue weighted by molar-refractivity contribution is -0.113. The summed E-state index contributed by atoms with van der Waals surface area (Å²) in [5.74, 6) is 0.934. The number of thioether (sulfide) groups is 1. The zero-order valence-electron chi connectivity index (χ0n) is 17.5. The van der Waals surface area contributed by atoms with Crippen LogP contribution in [0.3, 0.4) is 0 Å². The highest BCUT2D eigenvalue weighted by Crippen LogP contribution is 2.31. The van der Waals surface area contributed by atoms with Gasteiger partial charge in [0, 0.05) is 24.5 Å². The second-order valence-corrected chi connectivity index (χ2v) is 9.27. The molecular weight excluding hydrogens is 444 g/mol. The zero-order chi connectivity index (χ0) is 21.9. The van der Waals surface area contributed by atoms with E-state index in [1.54, 1.807) is 11.3 Å². The first-order valence-corrected chi connectivity index (χ1v) is 12.1. The number of amides is 1. The molecule has 0 spiro atoms. The van der Waals surface area contributed by atoms with E-state index in [-0.39, 0.29) is 11.7 Å². The predicted octanol–water partition coefficient (Wildman–Crippen LogP) is 3.75. The summed E-state index contributed by atoms with van der Waals surface area (Å²) in [7, 11) is 0. The highest BCUT2D eigenvalue weighted by molar-refractivity contribution is 7.99. The van der Waals surface area contributed by atoms with E-state index in [4.69, 9.17) is 9.72 Å². The van der Waals surface area contributed by atoms with Gasteiger partial charge in [0.2, 0.25) is 5.91 Å². The number of aryl methyl sites for hydroxylation is 1. The van der Waals surface area contributed by atoms with Crippen LogP contribution in [0.5, 0.6) is 0 Å². The van der Waals surface area contributed by atoms with Crippen molar-refractivity contribution in [2.24, 2.45) is 0 Å². The number of nitrogens with one attached hydrogen (secondary N) is 1. The maximum atomic E-state index is 12.6. The van der Waals surface area contributed by atoms with E-state index in [1.807, 2.05) is 60.0 Å². The minimum atomic E-state index is -0.0902. The third kappa shape index (κ3) is 4.47. The number of benzene rings is 2. The minimum absolute atomic E-state index is 0.0902. The number of morpholine rings is 1. The van der Waals surface area contributed by atoms with Crippen LogP contribution < -0.4 is 10.2 Å². The Kier molecular flexibility index (Phi) is 6.06. The fraction of sp³-hybridized carbons (Fsp3) is 0.273. The molecule has 5 rings (SSSR count). The highest BCUT2D eigenvalue weighted by Gasteiger charge is 2.16. The molecule has 4 aromatic rings. The lowest BCUT2D eigenvalue weighted by atomic mass is 10.3. The zero-order valence-corrected chi connectivity index (χ0v) is 19.2. The van der Waals surface area contributed by atoms with Gasteiger partial charge in [0.15, 0.2) is 10.3 Å². The van der Waals surface area contributed by atoms with Crippen molar-refractivity contribution in [3.63, 3.8) is 0 Å². The van der Waals surface area contributed by atoms with Crippen LogP contribution in [-0.2, 0) is 9.53 Å². The number of ether oxygens (including phenoxy) is 1. The molecule has 32 heavy (non-hydrogen) atoms. The predicted molar refractivity (Wildman–Crippen MR) is 128 cm³/mol. The number of para-hydroxylation sites is 1. The molecule has 8 nitrogen and oxygen atoms in total. The molecule has 10 heteroatoms. The molecule has 0 bridgehead atoms. The number of hydrogen-bond donors (Lipinski definition) is 1. The quantitative estimate of drug-likeness (QED) is 0.433. The Labute approximate surface area is 193 Å². The van der Waals surface area contributed by atoms with Crippen molar-refractivity contribution in [3.05, 3.63) is 54.4 Å². The monoisotopic (exact) mass is 466 g/mol. The number of fused-ring (bicyclic) bond motifs is 1. The average molecular weight is 467 g/mol. The van der Waals surface area contributed by atoms with E-state index >= 15 is 0 Å². The molecule has 2 aromatic heterocycles. The van der Waals surface area contributed by atoms with Crippen molar-refractivity contribution in [1.82, 2.24) is 19.7 Å². The van der Waals surface area contributed by atoms with E-state index in [1.165, 1.54) is 11.8 Å². The minimum Gasteiger partial charge on any atom is -0.378 e. The molecule has 0 saturated carbocycles. The molecule has 1 amide bonds. The number of carbonyl (C=O) groups excluding carboxylic acids is 1. The number of thiazole rings is 1. The molecule has 2 aromatic carbocycles. The standard InChI is InChI=1S/C22H22N6O2S2/c1-15-25-26-22(28(15)17-5-3-2-4-6-17)31-14-20(29)23-16-7-8-18-19(13-16)32-21(24-18)27-9-11-30-12-10-27/h2-8,13H,9-12,14H2,1H3,(H,23,29). The molecule has 1 N–H and O–H groups in total. The largest absolute Gasteiger partial charge is 0.378 e. The van der Waals surface area contributed by atoms with Crippen LogP contribution in [-0.4, -0.2) is 57.7 Å². The van der Waals surface area contributed by atoms with Gasteiger partial charge in [0.25, 0.3) is 0 Å². The van der Waals surface area contributed by atoms with Crippen molar-refractivity contribution in [2.45, 2.75) is 12.1 Å². The van der Waals surface area contributed by atoms with Crippen LogP contribution in [0.15, 0.2) is 53.7 Å². The maximum absolute atomic E-state index is 12.6. The van der Waals surface area contributed by atoms with Gasteiger partial charge in [-0.05, 0) is 37.3 Å². The van der Waals surface area contributed by atoms with Gasteiger partial charge in [-0.1, -0.05) is 41.3 Å². The van der Waals surface area contributed by atoms with Gasteiger partial charge in [0.1, 0.15) is 5.82 Å². The average Bonchev–Trinajstić information content (AvgIpc) is 3.42. The number of aromatic nitrogens is 4. The van der Waals surface area contributed by atoms with Gasteiger partial charge >= 0.3 is 0 Å². The molecular formula is C22H22N6O2S2. The van der Waals surface area contributed by atoms with E-state index in [0.717, 1.165) is 58.9 Å². The third-order valence-corrected chi connectivity index (χ3v) is 7.09. The molecule has 0 unspecified atom stereocenters. The van der Waals surface area contributed by atoms with Gasteiger partial charge in [0.05, 0.1) is 29.2 Å². The second-order valence-electron chi connectivity index (χ2n) is 7.32. The van der Waals surface area contributed by atoms with E-state index in [2.05, 4.69) is 20.4 Å². The van der Waals surface area contributed by atoms with Crippen molar-refractivity contribution in [1.29, 1.82) is 0 Å². The molecule has 1 aliphatic rings. The van der Waals surface area contributed by atoms with Crippen LogP contribution in [0.25, 0.3) is 15.9 Å². The number of nitrogens with zero attached hydrogens (tertiary/aromatic N) is 5. The van der Waals surface area contributed by atoms with Gasteiger partial charge in [-0.3, -0.25) is 9.36 Å². The summed E-state index contributed by atoms with van der Waals surface area (Å²) >= 11 is 3.00. The summed E-state index contributed by atoms with van der Waals surface area (Å²) in [6.07, 6.45) is 0. The Morgan fingerprint density at radius 3 is 2.78 bits per heavy atom. The molecule has 3 heterocycles. The van der Waals surface area contributed by atoms with Gasteiger partial charge in [-0.2, -0.15) is 0 Å². The van der Waals surface area contributed by atoms with Gasteiger partial charge in [-0.15, -0.1) is 10.2 Å². The van der Waals surface area contributed by atoms with Crippen molar-refractivity contribution >= 4 is 50.0 Å². The number of hydrogen-bond acceptors (Lipinski definition) is 8. The van der Waals surface area contributed by atoms with Crippen molar-refractivity contribution in [3.8, 4) is 5.69 Å². The summed E-state index contributed by atoms with van der Waals surface area (Å²) in [5, 5.41) is 13.1. The maximum Gasteiger partial charge on any atom is 0.234 e. The topological polar surface area (TPSA) is 85.2 Å². The van der Waals surface area contributed by atoms with Crippen LogP contribution in [0.2, 0.25) is 0 Å². The first kappa shape index (κ1) is 20.9. The number of carbonyl (C=O) groups is 1. The summed E-state index contributed by atoms with van der Waals surface area (Å²) in [4.78, 5) is 19.6. The molecule has 0 aliphatic carbocycles. The summed E-state index contributed by atoms with van der Waals surface area (Å²) < 4.78 is 8.43. The van der Waals surface area contributed by atoms with Gasteiger partial charge in [-0.25, -0.2) is 4.98 Å². The fourth-order valence-corrected chi connectivity index (χ4v) is 5.37. The first-order valence-electron chi connectivity index (χ1n) is 10.3. The second kappa shape index (κ2) is 9.27. The summed E-state index contributed by atoms with van der Waals surface area (Å²) in [6.45, 7) is 5.07. The van der Waals surface area contributed by atoms with Crippen molar-refractivity contribution in [2.75, 3.05) is 42.3 Å². The molecule has 0 radical (unpaired) electrons. The first-order chi connectivity index (χ1) is 15.7. The van der Waals surface area contributed by atoms with Crippen LogP contribution >= 0.6 is 23.1 Å². The summed E-state index contributed by atoms with van der Waals surface area (Å²) in [5.41, 5.74) is 2.68. The molecule has 1 aliphatic heterocycles. The molecule has 1 fully saturated rings. The smallest absolute Gasteiger partial charge is 0.234 e. The molecule has 0 atom stereocenters. The molecule has 164 valence electrons. The van der Waals surface area contributed by atoms with Gasteiger partial charge < -0.3 is 15.0 Å². The van der Waals surface area contributed by atoms with E-state index < -0.39 is 0 Å². The normalized spacial score (nSPS) is 14.1.